The highest BCUT2D eigenvalue weighted by molar-refractivity contribution is 6.32. The number of halogens is 17. The summed E-state index contributed by atoms with van der Waals surface area (Å²) >= 11 is 24.0. The van der Waals surface area contributed by atoms with Crippen molar-refractivity contribution in [3.63, 3.8) is 0 Å². The molecule has 47 heteroatoms. The predicted octanol–water partition coefficient (Wildman–Crippen LogP) is 16.1. The van der Waals surface area contributed by atoms with Crippen molar-refractivity contribution in [3.8, 4) is 45.6 Å². The fourth-order valence-electron chi connectivity index (χ4n) is 11.1. The average Bonchev–Trinajstić information content (AvgIpc) is 1.63. The second-order valence-electron chi connectivity index (χ2n) is 26.4. The van der Waals surface area contributed by atoms with Crippen LogP contribution in [0.25, 0.3) is 89.7 Å². The van der Waals surface area contributed by atoms with Gasteiger partial charge in [-0.1, -0.05) is 60.3 Å². The normalized spacial score (nSPS) is 14.3. The summed E-state index contributed by atoms with van der Waals surface area (Å²) in [7, 11) is 0. The van der Waals surface area contributed by atoms with Gasteiger partial charge in [0.05, 0.1) is 26.3 Å². The highest BCUT2D eigenvalue weighted by Crippen LogP contribution is 2.35. The molecule has 0 radical (unpaired) electrons. The molecule has 0 aliphatic carbocycles. The Hall–Kier alpha value is -11.7. The standard InChI is InChI=1S/C18H17ClF4N6O.C18H18ClF3N6O.C17H15ClF3N7O.C16H15ClF3N7O.10H2/c1-3-17(2,16(30)27-8-18(21,22)23)29-15-12(20)7-26-14(28-15)11-6-25-13-10(11)4-9(19)5-24-13;1-3-17(2,16(29)26-9-18(20,21)22)28-13-4-5-23-15(27-13)12-8-25-14-11(12)6-10(19)7-24-14;18-9-4-10-11(6-23-13(10)22-5-9)14-25-8-26-16(27-14)28-3-1-2-12(28)15(29)24-7-17(19,20)21;1-15(2,13(28)23-6-16(18,19)20)27-14-25-7-24-12(26-14)10-5-22-11-9(10)3-8(17)4-21-11;;;;;;;;;;/h4-7H,3,8H2,1-2H3,(H,24,25)(H,27,30)(H,26,28,29);4-8H,3,9H2,1-2H3,(H,24,25)(H,26,29)(H,23,27,28);4-6,8,12H,1-3,7H2,(H,22,23)(H,24,29);3-5,7H,6H2,1-2H3,(H,21,22)(H,23,28)(H,24,25,26,27);10*1H/t2*17-;12-;;;;;;;;;;;/m111.........../s1. The molecule has 0 unspecified atom stereocenters. The highest BCUT2D eigenvalue weighted by atomic mass is 35.5. The number of fused-ring (bicyclic) bond motifs is 4. The van der Waals surface area contributed by atoms with Crippen LogP contribution in [-0.4, -0.2) is 193 Å². The largest absolute Gasteiger partial charge is 0.405 e. The molecule has 1 fully saturated rings. The van der Waals surface area contributed by atoms with E-state index in [-0.39, 0.29) is 56.5 Å². The van der Waals surface area contributed by atoms with Crippen LogP contribution in [0.3, 0.4) is 0 Å². The molecule has 0 spiro atoms. The number of amides is 4. The molecule has 12 aromatic heterocycles. The molecule has 1 saturated heterocycles. The minimum Gasteiger partial charge on any atom is -0.356 e. The number of hydrogen-bond donors (Lipinski definition) is 11. The first kappa shape index (κ1) is 86.7. The molecule has 11 N–H and O–H groups in total. The zero-order chi connectivity index (χ0) is 84.5. The molecule has 116 heavy (non-hydrogen) atoms. The van der Waals surface area contributed by atoms with Gasteiger partial charge in [-0.05, 0) is 83.7 Å². The van der Waals surface area contributed by atoms with E-state index in [0.717, 1.165) is 17.0 Å². The van der Waals surface area contributed by atoms with Crippen LogP contribution in [0.4, 0.5) is 80.6 Å². The van der Waals surface area contributed by atoms with E-state index >= 15 is 0 Å². The molecule has 0 aromatic carbocycles. The van der Waals surface area contributed by atoms with Crippen LogP contribution in [0.1, 0.15) is 81.5 Å². The van der Waals surface area contributed by atoms with Crippen molar-refractivity contribution in [2.45, 2.75) is 115 Å². The lowest BCUT2D eigenvalue weighted by Gasteiger charge is -2.29. The van der Waals surface area contributed by atoms with Gasteiger partial charge in [0.15, 0.2) is 34.9 Å². The van der Waals surface area contributed by atoms with E-state index in [4.69, 9.17) is 46.4 Å². The zero-order valence-corrected chi connectivity index (χ0v) is 64.0. The minimum absolute atomic E-state index is 0. The third kappa shape index (κ3) is 22.4. The van der Waals surface area contributed by atoms with E-state index in [1.165, 1.54) is 77.4 Å². The molecule has 4 amide bonds. The second-order valence-corrected chi connectivity index (χ2v) is 28.1. The molecule has 1 aliphatic rings. The first-order chi connectivity index (χ1) is 54.5. The Kier molecular flexibility index (Phi) is 26.6. The van der Waals surface area contributed by atoms with Gasteiger partial charge in [0.25, 0.3) is 0 Å². The van der Waals surface area contributed by atoms with Crippen LogP contribution in [0.5, 0.6) is 0 Å². The Labute approximate surface area is 681 Å². The first-order valence-corrected chi connectivity index (χ1v) is 35.8. The molecule has 634 valence electrons. The molecule has 1 aliphatic heterocycles. The first-order valence-electron chi connectivity index (χ1n) is 34.3. The number of aromatic amines is 4. The van der Waals surface area contributed by atoms with Crippen molar-refractivity contribution in [3.05, 3.63) is 131 Å². The van der Waals surface area contributed by atoms with Crippen molar-refractivity contribution in [2.75, 3.05) is 53.6 Å². The number of aromatic nitrogens is 18. The lowest BCUT2D eigenvalue weighted by atomic mass is 9.97. The van der Waals surface area contributed by atoms with Crippen LogP contribution >= 0.6 is 46.4 Å². The molecule has 3 atom stereocenters. The summed E-state index contributed by atoms with van der Waals surface area (Å²) in [6, 6.07) is 7.54. The summed E-state index contributed by atoms with van der Waals surface area (Å²) in [5.41, 5.74) is 0.489. The molecule has 0 bridgehead atoms. The van der Waals surface area contributed by atoms with E-state index in [1.807, 2.05) is 16.0 Å². The lowest BCUT2D eigenvalue weighted by molar-refractivity contribution is -0.140. The van der Waals surface area contributed by atoms with Crippen molar-refractivity contribution >= 4 is 138 Å². The van der Waals surface area contributed by atoms with E-state index in [2.05, 4.69) is 106 Å². The molecule has 13 rings (SSSR count). The molecular weight excluding hydrogens is 1650 g/mol. The summed E-state index contributed by atoms with van der Waals surface area (Å²) in [6.07, 6.45) is 0.814. The van der Waals surface area contributed by atoms with Crippen molar-refractivity contribution in [2.24, 2.45) is 0 Å². The van der Waals surface area contributed by atoms with Crippen LogP contribution in [0.2, 0.25) is 20.1 Å². The summed E-state index contributed by atoms with van der Waals surface area (Å²) in [5, 5.41) is 20.2. The number of rotatable bonds is 21. The molecule has 13 heterocycles. The number of nitrogens with one attached hydrogen (secondary N) is 11. The summed E-state index contributed by atoms with van der Waals surface area (Å²) < 4.78 is 163. The monoisotopic (exact) mass is 1730 g/mol. The summed E-state index contributed by atoms with van der Waals surface area (Å²) in [5.74, 6) is -2.83. The third-order valence-electron chi connectivity index (χ3n) is 17.3. The Morgan fingerprint density at radius 2 is 0.871 bits per heavy atom. The van der Waals surface area contributed by atoms with Crippen LogP contribution in [0.15, 0.2) is 105 Å². The van der Waals surface area contributed by atoms with Crippen molar-refractivity contribution in [1.82, 2.24) is 111 Å². The van der Waals surface area contributed by atoms with E-state index in [9.17, 15) is 76.3 Å². The topological polar surface area (TPSA) is 399 Å². The smallest absolute Gasteiger partial charge is 0.356 e. The number of alkyl halides is 12. The van der Waals surface area contributed by atoms with Gasteiger partial charge >= 0.3 is 24.7 Å². The Bertz CT molecular complexity index is 5580. The van der Waals surface area contributed by atoms with Crippen molar-refractivity contribution < 1.29 is 90.5 Å². The van der Waals surface area contributed by atoms with Crippen LogP contribution in [0, 0.1) is 5.82 Å². The average molecular weight is 1730 g/mol. The minimum atomic E-state index is -4.57. The molecule has 12 aromatic rings. The second kappa shape index (κ2) is 35.6. The number of hydrogen-bond acceptors (Lipinski definition) is 22. The number of anilines is 4. The van der Waals surface area contributed by atoms with E-state index < -0.39 is 103 Å². The van der Waals surface area contributed by atoms with Crippen molar-refractivity contribution in [1.29, 1.82) is 0 Å². The Morgan fingerprint density at radius 3 is 1.31 bits per heavy atom. The van der Waals surface area contributed by atoms with E-state index in [1.54, 1.807) is 73.1 Å². The fraction of sp³-hybridized carbons (Fsp3) is 0.333. The van der Waals surface area contributed by atoms with Gasteiger partial charge in [-0.15, -0.1) is 0 Å². The van der Waals surface area contributed by atoms with E-state index in [0.29, 0.717) is 113 Å². The molecule has 30 nitrogen and oxygen atoms in total. The third-order valence-corrected chi connectivity index (χ3v) is 18.1. The fourth-order valence-corrected chi connectivity index (χ4v) is 11.7. The quantitative estimate of drug-likeness (QED) is 0.0298. The Morgan fingerprint density at radius 1 is 0.474 bits per heavy atom. The number of carbonyl (C=O) groups is 4. The lowest BCUT2D eigenvalue weighted by Crippen LogP contribution is -2.52. The number of nitrogens with zero attached hydrogens (tertiary/aromatic N) is 15. The highest BCUT2D eigenvalue weighted by Gasteiger charge is 2.40. The van der Waals surface area contributed by atoms with Gasteiger partial charge in [-0.25, -0.2) is 64.2 Å². The van der Waals surface area contributed by atoms with Crippen LogP contribution in [-0.2, 0) is 19.2 Å². The van der Waals surface area contributed by atoms with Gasteiger partial charge < -0.3 is 62.1 Å². The predicted molar refractivity (Wildman–Crippen MR) is 424 cm³/mol. The van der Waals surface area contributed by atoms with Gasteiger partial charge in [0.2, 0.25) is 35.5 Å². The van der Waals surface area contributed by atoms with Gasteiger partial charge in [-0.2, -0.15) is 62.7 Å². The zero-order valence-electron chi connectivity index (χ0n) is 61.0. The summed E-state index contributed by atoms with van der Waals surface area (Å²) in [4.78, 5) is 121. The number of pyridine rings is 4. The van der Waals surface area contributed by atoms with Crippen LogP contribution < -0.4 is 42.1 Å². The number of H-pyrrole nitrogens is 4. The van der Waals surface area contributed by atoms with Gasteiger partial charge in [-0.3, -0.25) is 19.2 Å². The maximum atomic E-state index is 14.4. The Balaban J connectivity index is 0.00000161. The molecule has 0 saturated carbocycles. The van der Waals surface area contributed by atoms with Gasteiger partial charge in [0, 0.05) is 120 Å². The summed E-state index contributed by atoms with van der Waals surface area (Å²) in [6.45, 7) is 3.72. The maximum absolute atomic E-state index is 14.4. The van der Waals surface area contributed by atoms with Gasteiger partial charge in [0.1, 0.15) is 89.9 Å². The number of carbonyl (C=O) groups excluding carboxylic acids is 4. The maximum Gasteiger partial charge on any atom is 0.405 e. The molecular formula is C69H85Cl4F13N26O4. The SMILES string of the molecule is CC(C)(Nc1ncnc(-c2c[nH]c3ncc(Cl)cc23)n1)C(=O)NCC(F)(F)F.CC[C@@](C)(Nc1ccnc(-c2c[nH]c3ncc(Cl)cc23)n1)C(=O)NCC(F)(F)F.CC[C@@](C)(Nc1nc(-c2c[nH]c3ncc(Cl)cc23)ncc1F)C(=O)NCC(F)(F)F.O=C(NCC(F)(F)F)[C@H]1CCCN1c1ncnc(-c2c[nH]c3ncc(Cl)cc23)n1.[HH].[HH].[HH].[HH].[HH].[HH].[HH].[HH].[HH].[HH].